The van der Waals surface area contributed by atoms with Crippen LogP contribution in [0.2, 0.25) is 0 Å². The number of likely N-dealkylation sites (N-methyl/N-ethyl adjacent to an activating group) is 1. The highest BCUT2D eigenvalue weighted by molar-refractivity contribution is 5.72. The normalized spacial score (nSPS) is 13.7. The quantitative estimate of drug-likeness (QED) is 0.0286. The molecule has 0 heterocycles. The van der Waals surface area contributed by atoms with Crippen molar-refractivity contribution < 1.29 is 38.2 Å². The summed E-state index contributed by atoms with van der Waals surface area (Å²) in [6.45, 7) is 4.53. The van der Waals surface area contributed by atoms with Gasteiger partial charge in [-0.3, -0.25) is 9.59 Å². The number of quaternary nitrogens is 1. The number of rotatable bonds is 39. The van der Waals surface area contributed by atoms with Crippen molar-refractivity contribution in [3.63, 3.8) is 0 Å². The van der Waals surface area contributed by atoms with Crippen LogP contribution in [0.4, 0.5) is 0 Å². The standard InChI is InChI=1S/C50H83NO7/c1-6-8-10-12-14-16-18-20-21-22-23-24-25-26-27-28-29-31-33-35-37-39-41-49(53)58-46(44-56-43-42-47(50(54)55)51(3,4)5)45-57-48(52)40-38-36-34-32-30-19-17-15-13-11-9-7-2/h8,10,14-17,20-21,23-24,26-27,29,31,46-47H,6-7,9,11-13,18-19,22,25,28,30,32-45H2,1-5H3/p+1/b10-8+,16-14+,17-15+,21-20+,24-23+,27-26+,31-29+. The monoisotopic (exact) mass is 811 g/mol. The average Bonchev–Trinajstić information content (AvgIpc) is 3.18. The summed E-state index contributed by atoms with van der Waals surface area (Å²) >= 11 is 0. The van der Waals surface area contributed by atoms with Gasteiger partial charge in [-0.2, -0.15) is 0 Å². The molecule has 0 aromatic carbocycles. The highest BCUT2D eigenvalue weighted by atomic mass is 16.6. The summed E-state index contributed by atoms with van der Waals surface area (Å²) in [5.74, 6) is -1.53. The number of aliphatic carboxylic acids is 1. The van der Waals surface area contributed by atoms with Crippen molar-refractivity contribution in [3.8, 4) is 0 Å². The molecule has 0 bridgehead atoms. The Bertz CT molecular complexity index is 1220. The Kier molecular flexibility index (Phi) is 37.9. The third-order valence-electron chi connectivity index (χ3n) is 9.53. The summed E-state index contributed by atoms with van der Waals surface area (Å²) in [7, 11) is 5.50. The molecule has 0 fully saturated rings. The van der Waals surface area contributed by atoms with Crippen molar-refractivity contribution in [1.29, 1.82) is 0 Å². The third-order valence-corrected chi connectivity index (χ3v) is 9.53. The van der Waals surface area contributed by atoms with Gasteiger partial charge >= 0.3 is 17.9 Å². The van der Waals surface area contributed by atoms with Crippen molar-refractivity contribution in [2.75, 3.05) is 41.0 Å². The molecule has 8 nitrogen and oxygen atoms in total. The van der Waals surface area contributed by atoms with Gasteiger partial charge in [0.15, 0.2) is 12.1 Å². The van der Waals surface area contributed by atoms with Crippen molar-refractivity contribution in [3.05, 3.63) is 85.1 Å². The molecule has 8 heteroatoms. The van der Waals surface area contributed by atoms with Crippen LogP contribution < -0.4 is 0 Å². The van der Waals surface area contributed by atoms with E-state index in [1.165, 1.54) is 32.1 Å². The largest absolute Gasteiger partial charge is 0.477 e. The lowest BCUT2D eigenvalue weighted by Crippen LogP contribution is -2.50. The number of allylic oxidation sites excluding steroid dienone is 14. The van der Waals surface area contributed by atoms with Gasteiger partial charge < -0.3 is 23.8 Å². The fourth-order valence-corrected chi connectivity index (χ4v) is 6.03. The fraction of sp³-hybridized carbons (Fsp3) is 0.660. The minimum absolute atomic E-state index is 0.0399. The molecule has 0 aliphatic heterocycles. The first-order chi connectivity index (χ1) is 28.1. The van der Waals surface area contributed by atoms with Crippen LogP contribution >= 0.6 is 0 Å². The number of nitrogens with zero attached hydrogens (tertiary/aromatic N) is 1. The fourth-order valence-electron chi connectivity index (χ4n) is 6.03. The van der Waals surface area contributed by atoms with Gasteiger partial charge in [0.05, 0.1) is 34.4 Å². The molecule has 2 unspecified atom stereocenters. The maximum atomic E-state index is 12.7. The molecule has 0 aromatic rings. The van der Waals surface area contributed by atoms with Gasteiger partial charge in [-0.15, -0.1) is 0 Å². The van der Waals surface area contributed by atoms with E-state index in [2.05, 4.69) is 98.9 Å². The number of esters is 2. The zero-order chi connectivity index (χ0) is 42.8. The van der Waals surface area contributed by atoms with Crippen LogP contribution in [0.15, 0.2) is 85.1 Å². The molecule has 0 spiro atoms. The molecule has 1 N–H and O–H groups in total. The predicted molar refractivity (Wildman–Crippen MR) is 243 cm³/mol. The number of hydrogen-bond acceptors (Lipinski definition) is 6. The van der Waals surface area contributed by atoms with Crippen LogP contribution in [-0.4, -0.2) is 80.6 Å². The zero-order valence-electron chi connectivity index (χ0n) is 37.5. The maximum Gasteiger partial charge on any atom is 0.362 e. The lowest BCUT2D eigenvalue weighted by molar-refractivity contribution is -0.887. The van der Waals surface area contributed by atoms with E-state index in [0.29, 0.717) is 19.3 Å². The Morgan fingerprint density at radius 1 is 0.534 bits per heavy atom. The molecule has 330 valence electrons. The molecule has 0 amide bonds. The number of carbonyl (C=O) groups excluding carboxylic acids is 2. The third kappa shape index (κ3) is 38.1. The smallest absolute Gasteiger partial charge is 0.362 e. The van der Waals surface area contributed by atoms with Crippen molar-refractivity contribution >= 4 is 17.9 Å². The topological polar surface area (TPSA) is 99.1 Å². The molecule has 0 aliphatic carbocycles. The molecular weight excluding hydrogens is 727 g/mol. The Morgan fingerprint density at radius 3 is 1.47 bits per heavy atom. The van der Waals surface area contributed by atoms with Crippen molar-refractivity contribution in [1.82, 2.24) is 0 Å². The summed E-state index contributed by atoms with van der Waals surface area (Å²) in [5.41, 5.74) is 0. The SMILES string of the molecule is CC/C=C/C/C=C/C/C=C/C/C=C/C/C=C/C/C=C/CCCCCC(=O)OC(COCCC(C(=O)O)[N+](C)(C)C)COC(=O)CCCCCCC/C=C/CCCCC. The molecule has 58 heavy (non-hydrogen) atoms. The van der Waals surface area contributed by atoms with Gasteiger partial charge in [0.1, 0.15) is 6.61 Å². The lowest BCUT2D eigenvalue weighted by Gasteiger charge is -2.31. The molecule has 0 saturated heterocycles. The van der Waals surface area contributed by atoms with E-state index in [-0.39, 0.29) is 42.7 Å². The van der Waals surface area contributed by atoms with Gasteiger partial charge in [0, 0.05) is 19.3 Å². The summed E-state index contributed by atoms with van der Waals surface area (Å²) in [6.07, 6.45) is 52.0. The minimum Gasteiger partial charge on any atom is -0.477 e. The van der Waals surface area contributed by atoms with Gasteiger partial charge in [0.2, 0.25) is 0 Å². The second-order valence-corrected chi connectivity index (χ2v) is 15.9. The average molecular weight is 811 g/mol. The molecule has 0 radical (unpaired) electrons. The van der Waals surface area contributed by atoms with E-state index in [1.807, 2.05) is 21.1 Å². The number of carboxylic acid groups (broad SMARTS) is 1. The predicted octanol–water partition coefficient (Wildman–Crippen LogP) is 12.5. The lowest BCUT2D eigenvalue weighted by atomic mass is 10.1. The van der Waals surface area contributed by atoms with Crippen LogP contribution in [0.25, 0.3) is 0 Å². The van der Waals surface area contributed by atoms with Crippen LogP contribution in [0.5, 0.6) is 0 Å². The van der Waals surface area contributed by atoms with E-state index < -0.39 is 18.1 Å². The first kappa shape index (κ1) is 54.5. The van der Waals surface area contributed by atoms with Crippen LogP contribution in [0.1, 0.15) is 162 Å². The Labute approximate surface area is 354 Å². The van der Waals surface area contributed by atoms with Gasteiger partial charge in [-0.05, 0) is 89.9 Å². The van der Waals surface area contributed by atoms with E-state index in [0.717, 1.165) is 89.9 Å². The zero-order valence-corrected chi connectivity index (χ0v) is 37.5. The Hall–Kier alpha value is -3.49. The van der Waals surface area contributed by atoms with E-state index in [1.54, 1.807) is 0 Å². The Morgan fingerprint density at radius 2 is 0.966 bits per heavy atom. The molecule has 0 rings (SSSR count). The van der Waals surface area contributed by atoms with Crippen molar-refractivity contribution in [2.45, 2.75) is 174 Å². The first-order valence-corrected chi connectivity index (χ1v) is 22.6. The number of carbonyl (C=O) groups is 3. The van der Waals surface area contributed by atoms with E-state index >= 15 is 0 Å². The molecule has 0 aliphatic rings. The van der Waals surface area contributed by atoms with Gasteiger partial charge in [0.25, 0.3) is 0 Å². The summed E-state index contributed by atoms with van der Waals surface area (Å²) < 4.78 is 17.2. The molecule has 2 atom stereocenters. The Balaban J connectivity index is 4.41. The first-order valence-electron chi connectivity index (χ1n) is 22.6. The number of hydrogen-bond donors (Lipinski definition) is 1. The van der Waals surface area contributed by atoms with Crippen LogP contribution in [0, 0.1) is 0 Å². The minimum atomic E-state index is -0.886. The highest BCUT2D eigenvalue weighted by Crippen LogP contribution is 2.12. The summed E-state index contributed by atoms with van der Waals surface area (Å²) in [5, 5.41) is 9.62. The molecular formula is C50H84NO7+. The van der Waals surface area contributed by atoms with Crippen LogP contribution in [0.3, 0.4) is 0 Å². The summed E-state index contributed by atoms with van der Waals surface area (Å²) in [6, 6.07) is -0.626. The van der Waals surface area contributed by atoms with Crippen LogP contribution in [-0.2, 0) is 28.6 Å². The number of unbranched alkanes of at least 4 members (excludes halogenated alkanes) is 11. The highest BCUT2D eigenvalue weighted by Gasteiger charge is 2.31. The summed E-state index contributed by atoms with van der Waals surface area (Å²) in [4.78, 5) is 37.0. The molecule has 0 saturated carbocycles. The second kappa shape index (κ2) is 40.3. The number of ether oxygens (including phenoxy) is 3. The molecule has 0 aromatic heterocycles. The van der Waals surface area contributed by atoms with Gasteiger partial charge in [-0.25, -0.2) is 4.79 Å². The second-order valence-electron chi connectivity index (χ2n) is 15.9. The van der Waals surface area contributed by atoms with E-state index in [4.69, 9.17) is 14.2 Å². The van der Waals surface area contributed by atoms with E-state index in [9.17, 15) is 19.5 Å². The number of carboxylic acids is 1. The maximum absolute atomic E-state index is 12.7. The van der Waals surface area contributed by atoms with Gasteiger partial charge in [-0.1, -0.05) is 137 Å². The van der Waals surface area contributed by atoms with Crippen molar-refractivity contribution in [2.24, 2.45) is 0 Å².